The number of fused-ring (bicyclic) bond motifs is 2. The van der Waals surface area contributed by atoms with Crippen LogP contribution in [0.3, 0.4) is 0 Å². The fourth-order valence-corrected chi connectivity index (χ4v) is 4.39. The van der Waals surface area contributed by atoms with Gasteiger partial charge in [0.1, 0.15) is 11.3 Å². The van der Waals surface area contributed by atoms with Crippen LogP contribution in [0.15, 0.2) is 69.2 Å². The number of nitrogens with one attached hydrogen (secondary N) is 2. The van der Waals surface area contributed by atoms with Crippen LogP contribution in [0.2, 0.25) is 0 Å². The molecule has 2 aromatic carbocycles. The molecule has 1 aromatic heterocycles. The summed E-state index contributed by atoms with van der Waals surface area (Å²) < 4.78 is 30.8. The predicted molar refractivity (Wildman–Crippen MR) is 105 cm³/mol. The smallest absolute Gasteiger partial charge is 0.278 e. The minimum Gasteiger partial charge on any atom is -0.497 e. The molecular weight excluding hydrogens is 398 g/mol. The van der Waals surface area contributed by atoms with Crippen molar-refractivity contribution in [3.63, 3.8) is 0 Å². The number of hydrogen-bond acceptors (Lipinski definition) is 4. The Morgan fingerprint density at radius 2 is 1.86 bits per heavy atom. The van der Waals surface area contributed by atoms with Gasteiger partial charge in [-0.25, -0.2) is 8.78 Å². The van der Waals surface area contributed by atoms with Gasteiger partial charge in [-0.1, -0.05) is 36.0 Å². The normalized spacial score (nSPS) is 14.8. The van der Waals surface area contributed by atoms with Crippen molar-refractivity contribution in [2.45, 2.75) is 22.3 Å². The Morgan fingerprint density at radius 1 is 1.10 bits per heavy atom. The molecular formula is C21H16F2N2O3S. The molecule has 29 heavy (non-hydrogen) atoms. The minimum atomic E-state index is -2.82. The SMILES string of the molecule is COc1ccc2c(c1)Sc1ccccc1C2NC(=O)c1ccc(C(F)F)[nH]c1=O. The lowest BCUT2D eigenvalue weighted by atomic mass is 9.97. The first-order valence-corrected chi connectivity index (χ1v) is 9.56. The lowest BCUT2D eigenvalue weighted by molar-refractivity contribution is 0.0939. The van der Waals surface area contributed by atoms with Gasteiger partial charge in [-0.2, -0.15) is 0 Å². The van der Waals surface area contributed by atoms with Crippen molar-refractivity contribution in [2.24, 2.45) is 0 Å². The van der Waals surface area contributed by atoms with Crippen molar-refractivity contribution >= 4 is 17.7 Å². The fraction of sp³-hybridized carbons (Fsp3) is 0.143. The van der Waals surface area contributed by atoms with Gasteiger partial charge in [0.15, 0.2) is 0 Å². The molecule has 0 saturated heterocycles. The van der Waals surface area contributed by atoms with Gasteiger partial charge in [-0.3, -0.25) is 9.59 Å². The molecule has 148 valence electrons. The van der Waals surface area contributed by atoms with Gasteiger partial charge in [0.05, 0.1) is 18.8 Å². The van der Waals surface area contributed by atoms with Crippen LogP contribution >= 0.6 is 11.8 Å². The molecule has 1 aliphatic rings. The number of hydrogen-bond donors (Lipinski definition) is 2. The number of aromatic nitrogens is 1. The minimum absolute atomic E-state index is 0.222. The van der Waals surface area contributed by atoms with Gasteiger partial charge < -0.3 is 15.0 Å². The molecule has 0 saturated carbocycles. The number of H-pyrrole nitrogens is 1. The average Bonchev–Trinajstić information content (AvgIpc) is 2.72. The Kier molecular flexibility index (Phi) is 5.10. The molecule has 3 aromatic rings. The molecule has 2 heterocycles. The molecule has 1 aliphatic heterocycles. The summed E-state index contributed by atoms with van der Waals surface area (Å²) in [7, 11) is 1.58. The van der Waals surface area contributed by atoms with E-state index in [2.05, 4.69) is 10.3 Å². The van der Waals surface area contributed by atoms with E-state index < -0.39 is 29.6 Å². The van der Waals surface area contributed by atoms with Gasteiger partial charge in [-0.05, 0) is 41.5 Å². The zero-order valence-corrected chi connectivity index (χ0v) is 16.1. The molecule has 4 rings (SSSR count). The van der Waals surface area contributed by atoms with E-state index in [1.165, 1.54) is 0 Å². The molecule has 2 N–H and O–H groups in total. The van der Waals surface area contributed by atoms with Crippen molar-refractivity contribution in [3.05, 3.63) is 87.3 Å². The number of halogens is 2. The summed E-state index contributed by atoms with van der Waals surface area (Å²) >= 11 is 1.56. The molecule has 0 spiro atoms. The van der Waals surface area contributed by atoms with Crippen LogP contribution in [-0.2, 0) is 0 Å². The highest BCUT2D eigenvalue weighted by molar-refractivity contribution is 7.99. The van der Waals surface area contributed by atoms with Gasteiger partial charge >= 0.3 is 0 Å². The third-order valence-electron chi connectivity index (χ3n) is 4.67. The van der Waals surface area contributed by atoms with E-state index in [9.17, 15) is 18.4 Å². The Bertz CT molecular complexity index is 1150. The second kappa shape index (κ2) is 7.71. The highest BCUT2D eigenvalue weighted by atomic mass is 32.2. The summed E-state index contributed by atoms with van der Waals surface area (Å²) in [6, 6.07) is 14.9. The molecule has 0 radical (unpaired) electrons. The van der Waals surface area contributed by atoms with Crippen LogP contribution in [0.5, 0.6) is 5.75 Å². The van der Waals surface area contributed by atoms with Crippen LogP contribution in [0.1, 0.15) is 39.6 Å². The number of carbonyl (C=O) groups excluding carboxylic acids is 1. The lowest BCUT2D eigenvalue weighted by Crippen LogP contribution is -2.34. The fourth-order valence-electron chi connectivity index (χ4n) is 3.23. The van der Waals surface area contributed by atoms with Crippen LogP contribution in [0.4, 0.5) is 8.78 Å². The number of carbonyl (C=O) groups is 1. The maximum atomic E-state index is 12.8. The van der Waals surface area contributed by atoms with Crippen LogP contribution in [0.25, 0.3) is 0 Å². The summed E-state index contributed by atoms with van der Waals surface area (Å²) in [4.78, 5) is 28.9. The number of benzene rings is 2. The number of pyridine rings is 1. The Morgan fingerprint density at radius 3 is 2.59 bits per heavy atom. The first-order valence-electron chi connectivity index (χ1n) is 8.75. The summed E-state index contributed by atoms with van der Waals surface area (Å²) in [5, 5.41) is 2.87. The zero-order valence-electron chi connectivity index (χ0n) is 15.2. The van der Waals surface area contributed by atoms with Gasteiger partial charge in [0.25, 0.3) is 17.9 Å². The lowest BCUT2D eigenvalue weighted by Gasteiger charge is -2.28. The zero-order chi connectivity index (χ0) is 20.5. The van der Waals surface area contributed by atoms with E-state index >= 15 is 0 Å². The number of methoxy groups -OCH3 is 1. The first kappa shape index (κ1) is 19.2. The van der Waals surface area contributed by atoms with Crippen molar-refractivity contribution in [1.29, 1.82) is 0 Å². The first-order chi connectivity index (χ1) is 14.0. The topological polar surface area (TPSA) is 71.2 Å². The largest absolute Gasteiger partial charge is 0.497 e. The average molecular weight is 414 g/mol. The molecule has 0 fully saturated rings. The third kappa shape index (κ3) is 3.63. The standard InChI is InChI=1S/C21H16F2N2O3S/c1-28-11-6-7-13-17(10-11)29-16-5-3-2-4-12(16)18(13)25-21(27)14-8-9-15(19(22)23)24-20(14)26/h2-10,18-19H,1H3,(H,24,26)(H,25,27). The number of amides is 1. The van der Waals surface area contributed by atoms with E-state index in [4.69, 9.17) is 4.74 Å². The molecule has 1 unspecified atom stereocenters. The van der Waals surface area contributed by atoms with Crippen molar-refractivity contribution < 1.29 is 18.3 Å². The Balaban J connectivity index is 1.72. The van der Waals surface area contributed by atoms with E-state index in [0.717, 1.165) is 33.1 Å². The van der Waals surface area contributed by atoms with Crippen LogP contribution in [-0.4, -0.2) is 18.0 Å². The number of ether oxygens (including phenoxy) is 1. The van der Waals surface area contributed by atoms with Crippen molar-refractivity contribution in [2.75, 3.05) is 7.11 Å². The van der Waals surface area contributed by atoms with E-state index in [1.807, 2.05) is 36.4 Å². The number of aromatic amines is 1. The van der Waals surface area contributed by atoms with Crippen LogP contribution in [0, 0.1) is 0 Å². The predicted octanol–water partition coefficient (Wildman–Crippen LogP) is 4.31. The van der Waals surface area contributed by atoms with Crippen molar-refractivity contribution in [3.8, 4) is 5.75 Å². The van der Waals surface area contributed by atoms with Crippen molar-refractivity contribution in [1.82, 2.24) is 10.3 Å². The maximum Gasteiger partial charge on any atom is 0.278 e. The number of alkyl halides is 2. The molecule has 0 aliphatic carbocycles. The molecule has 0 bridgehead atoms. The summed E-state index contributed by atoms with van der Waals surface area (Å²) in [5.41, 5.74) is 0.157. The highest BCUT2D eigenvalue weighted by Crippen LogP contribution is 2.45. The highest BCUT2D eigenvalue weighted by Gasteiger charge is 2.28. The monoisotopic (exact) mass is 414 g/mol. The van der Waals surface area contributed by atoms with E-state index in [0.29, 0.717) is 5.75 Å². The Labute approximate surface area is 169 Å². The molecule has 1 amide bonds. The second-order valence-electron chi connectivity index (χ2n) is 6.41. The summed E-state index contributed by atoms with van der Waals surface area (Å²) in [6.45, 7) is 0. The molecule has 1 atom stereocenters. The molecule has 8 heteroatoms. The number of rotatable bonds is 4. The summed E-state index contributed by atoms with van der Waals surface area (Å²) in [5.74, 6) is 0.0558. The Hall–Kier alpha value is -3.13. The summed E-state index contributed by atoms with van der Waals surface area (Å²) in [6.07, 6.45) is -2.82. The maximum absolute atomic E-state index is 12.8. The second-order valence-corrected chi connectivity index (χ2v) is 7.49. The van der Waals surface area contributed by atoms with E-state index in [-0.39, 0.29) is 5.56 Å². The van der Waals surface area contributed by atoms with Gasteiger partial charge in [0.2, 0.25) is 0 Å². The van der Waals surface area contributed by atoms with Crippen LogP contribution < -0.4 is 15.6 Å². The third-order valence-corrected chi connectivity index (χ3v) is 5.83. The van der Waals surface area contributed by atoms with E-state index in [1.54, 1.807) is 24.9 Å². The van der Waals surface area contributed by atoms with Gasteiger partial charge in [0, 0.05) is 9.79 Å². The van der Waals surface area contributed by atoms with Gasteiger partial charge in [-0.15, -0.1) is 0 Å². The molecule has 5 nitrogen and oxygen atoms in total. The quantitative estimate of drug-likeness (QED) is 0.668.